The zero-order valence-electron chi connectivity index (χ0n) is 12.4. The van der Waals surface area contributed by atoms with Crippen LogP contribution in [0.5, 0.6) is 0 Å². The molecule has 0 aromatic heterocycles. The highest BCUT2D eigenvalue weighted by Gasteiger charge is 2.24. The van der Waals surface area contributed by atoms with Crippen LogP contribution < -0.4 is 0 Å². The highest BCUT2D eigenvalue weighted by Crippen LogP contribution is 2.29. The Morgan fingerprint density at radius 1 is 1.00 bits per heavy atom. The molecule has 21 heavy (non-hydrogen) atoms. The molecule has 0 aliphatic heterocycles. The molecule has 0 aliphatic carbocycles. The van der Waals surface area contributed by atoms with Gasteiger partial charge in [-0.25, -0.2) is 8.42 Å². The summed E-state index contributed by atoms with van der Waals surface area (Å²) in [5.74, 6) is -0.0939. The van der Waals surface area contributed by atoms with Gasteiger partial charge in [0.1, 0.15) is 0 Å². The van der Waals surface area contributed by atoms with Crippen LogP contribution in [-0.4, -0.2) is 14.2 Å². The fourth-order valence-corrected chi connectivity index (χ4v) is 5.18. The number of rotatable bonds is 4. The zero-order valence-corrected chi connectivity index (χ0v) is 14.0. The van der Waals surface area contributed by atoms with E-state index in [0.717, 1.165) is 22.3 Å². The summed E-state index contributed by atoms with van der Waals surface area (Å²) < 4.78 is 25.4. The first-order valence-corrected chi connectivity index (χ1v) is 8.90. The number of halogens is 1. The van der Waals surface area contributed by atoms with Gasteiger partial charge in [0.2, 0.25) is 0 Å². The number of benzene rings is 2. The lowest BCUT2D eigenvalue weighted by molar-refractivity contribution is 0.593. The van der Waals surface area contributed by atoms with Crippen molar-refractivity contribution in [1.29, 1.82) is 0 Å². The largest absolute Gasteiger partial charge is 0.224 e. The van der Waals surface area contributed by atoms with Crippen molar-refractivity contribution in [3.63, 3.8) is 0 Å². The predicted molar refractivity (Wildman–Crippen MR) is 87.7 cm³/mol. The van der Waals surface area contributed by atoms with Crippen LogP contribution in [-0.2, 0) is 9.84 Å². The molecule has 0 bridgehead atoms. The molecule has 2 nitrogen and oxygen atoms in total. The second kappa shape index (κ2) is 6.20. The molecule has 2 aromatic carbocycles. The molecule has 0 spiro atoms. The molecule has 1 atom stereocenters. The molecule has 112 valence electrons. The monoisotopic (exact) mass is 322 g/mol. The summed E-state index contributed by atoms with van der Waals surface area (Å²) in [5.41, 5.74) is 3.45. The molecule has 0 heterocycles. The number of hydrogen-bond acceptors (Lipinski definition) is 2. The van der Waals surface area contributed by atoms with Gasteiger partial charge in [-0.1, -0.05) is 48.0 Å². The van der Waals surface area contributed by atoms with E-state index in [0.29, 0.717) is 4.90 Å². The minimum Gasteiger partial charge on any atom is -0.224 e. The van der Waals surface area contributed by atoms with Crippen molar-refractivity contribution in [1.82, 2.24) is 0 Å². The van der Waals surface area contributed by atoms with Gasteiger partial charge in [0, 0.05) is 0 Å². The highest BCUT2D eigenvalue weighted by molar-refractivity contribution is 7.91. The van der Waals surface area contributed by atoms with Gasteiger partial charge in [-0.05, 0) is 37.5 Å². The Morgan fingerprint density at radius 2 is 1.52 bits per heavy atom. The quantitative estimate of drug-likeness (QED) is 0.783. The van der Waals surface area contributed by atoms with Crippen LogP contribution >= 0.6 is 11.6 Å². The van der Waals surface area contributed by atoms with Crippen LogP contribution in [0.3, 0.4) is 0 Å². The van der Waals surface area contributed by atoms with E-state index in [1.54, 1.807) is 0 Å². The minimum atomic E-state index is -3.42. The van der Waals surface area contributed by atoms with Crippen molar-refractivity contribution in [2.75, 3.05) is 5.75 Å². The highest BCUT2D eigenvalue weighted by atomic mass is 35.5. The predicted octanol–water partition coefficient (Wildman–Crippen LogP) is 4.37. The minimum absolute atomic E-state index is 0.0939. The molecule has 0 saturated heterocycles. The molecule has 0 amide bonds. The fourth-order valence-electron chi connectivity index (χ4n) is 2.69. The van der Waals surface area contributed by atoms with Gasteiger partial charge in [-0.3, -0.25) is 0 Å². The van der Waals surface area contributed by atoms with E-state index in [1.165, 1.54) is 0 Å². The Kier molecular flexibility index (Phi) is 4.74. The summed E-state index contributed by atoms with van der Waals surface area (Å²) in [6.45, 7) is 5.63. The molecule has 0 N–H and O–H groups in total. The number of hydrogen-bond donors (Lipinski definition) is 0. The summed E-state index contributed by atoms with van der Waals surface area (Å²) in [7, 11) is -3.42. The summed E-state index contributed by atoms with van der Waals surface area (Å²) in [5, 5.41) is -0.545. The van der Waals surface area contributed by atoms with Gasteiger partial charge < -0.3 is 0 Å². The van der Waals surface area contributed by atoms with Crippen molar-refractivity contribution in [3.8, 4) is 0 Å². The normalized spacial score (nSPS) is 13.1. The van der Waals surface area contributed by atoms with Crippen molar-refractivity contribution in [3.05, 3.63) is 64.7 Å². The average Bonchev–Trinajstić information content (AvgIpc) is 2.37. The Hall–Kier alpha value is -1.32. The third-order valence-corrected chi connectivity index (χ3v) is 6.07. The van der Waals surface area contributed by atoms with Crippen molar-refractivity contribution in [2.45, 2.75) is 31.0 Å². The third-order valence-electron chi connectivity index (χ3n) is 3.44. The van der Waals surface area contributed by atoms with Crippen molar-refractivity contribution in [2.24, 2.45) is 0 Å². The van der Waals surface area contributed by atoms with E-state index in [-0.39, 0.29) is 5.75 Å². The standard InChI is InChI=1S/C17H19ClO2S/c1-12-9-13(2)17(14(3)10-12)21(19,20)11-16(18)15-7-5-4-6-8-15/h4-10,16H,11H2,1-3H3. The first kappa shape index (κ1) is 16.1. The van der Waals surface area contributed by atoms with Gasteiger partial charge in [-0.2, -0.15) is 0 Å². The van der Waals surface area contributed by atoms with Gasteiger partial charge in [-0.15, -0.1) is 11.6 Å². The second-order valence-electron chi connectivity index (χ2n) is 5.39. The Morgan fingerprint density at radius 3 is 2.05 bits per heavy atom. The van der Waals surface area contributed by atoms with E-state index >= 15 is 0 Å². The zero-order chi connectivity index (χ0) is 15.6. The van der Waals surface area contributed by atoms with E-state index in [9.17, 15) is 8.42 Å². The Bertz CT molecular complexity index is 714. The molecule has 2 aromatic rings. The lowest BCUT2D eigenvalue weighted by atomic mass is 10.1. The molecule has 0 aliphatic rings. The summed E-state index contributed by atoms with van der Waals surface area (Å²) in [6, 6.07) is 13.1. The summed E-state index contributed by atoms with van der Waals surface area (Å²) >= 11 is 6.30. The van der Waals surface area contributed by atoms with Gasteiger partial charge in [0.15, 0.2) is 9.84 Å². The van der Waals surface area contributed by atoms with Crippen molar-refractivity contribution < 1.29 is 8.42 Å². The van der Waals surface area contributed by atoms with Crippen LogP contribution in [0.4, 0.5) is 0 Å². The van der Waals surface area contributed by atoms with E-state index < -0.39 is 15.2 Å². The number of alkyl halides is 1. The van der Waals surface area contributed by atoms with E-state index in [4.69, 9.17) is 11.6 Å². The maximum absolute atomic E-state index is 12.7. The average molecular weight is 323 g/mol. The maximum atomic E-state index is 12.7. The van der Waals surface area contributed by atoms with E-state index in [1.807, 2.05) is 63.2 Å². The van der Waals surface area contributed by atoms with Crippen LogP contribution in [0.15, 0.2) is 47.4 Å². The lowest BCUT2D eigenvalue weighted by Crippen LogP contribution is -2.14. The first-order valence-electron chi connectivity index (χ1n) is 6.81. The van der Waals surface area contributed by atoms with Gasteiger partial charge in [0.05, 0.1) is 16.0 Å². The van der Waals surface area contributed by atoms with Gasteiger partial charge in [0.25, 0.3) is 0 Å². The Labute approximate surface area is 131 Å². The second-order valence-corrected chi connectivity index (χ2v) is 7.89. The number of aryl methyl sites for hydroxylation is 3. The maximum Gasteiger partial charge on any atom is 0.180 e. The number of sulfone groups is 1. The lowest BCUT2D eigenvalue weighted by Gasteiger charge is -2.15. The molecule has 0 radical (unpaired) electrons. The molecular weight excluding hydrogens is 304 g/mol. The smallest absolute Gasteiger partial charge is 0.180 e. The summed E-state index contributed by atoms with van der Waals surface area (Å²) in [4.78, 5) is 0.412. The Balaban J connectivity index is 2.36. The van der Waals surface area contributed by atoms with Gasteiger partial charge >= 0.3 is 0 Å². The van der Waals surface area contributed by atoms with E-state index in [2.05, 4.69) is 0 Å². The molecule has 1 unspecified atom stereocenters. The SMILES string of the molecule is Cc1cc(C)c(S(=O)(=O)CC(Cl)c2ccccc2)c(C)c1. The van der Waals surface area contributed by atoms with Crippen molar-refractivity contribution >= 4 is 21.4 Å². The van der Waals surface area contributed by atoms with Crippen LogP contribution in [0.1, 0.15) is 27.6 Å². The first-order chi connectivity index (χ1) is 9.81. The third kappa shape index (κ3) is 3.66. The molecule has 0 fully saturated rings. The van der Waals surface area contributed by atoms with Crippen LogP contribution in [0.25, 0.3) is 0 Å². The molecular formula is C17H19ClO2S. The molecule has 0 saturated carbocycles. The summed E-state index contributed by atoms with van der Waals surface area (Å²) in [6.07, 6.45) is 0. The molecule has 4 heteroatoms. The van der Waals surface area contributed by atoms with Crippen LogP contribution in [0, 0.1) is 20.8 Å². The topological polar surface area (TPSA) is 34.1 Å². The fraction of sp³-hybridized carbons (Fsp3) is 0.294. The molecule has 2 rings (SSSR count). The van der Waals surface area contributed by atoms with Crippen LogP contribution in [0.2, 0.25) is 0 Å².